The predicted molar refractivity (Wildman–Crippen MR) is 116 cm³/mol. The Kier molecular flexibility index (Phi) is 8.82. The molecule has 0 heterocycles. The molecule has 2 aliphatic rings. The molecule has 0 heteroatoms. The van der Waals surface area contributed by atoms with Crippen LogP contribution in [0.25, 0.3) is 6.08 Å². The van der Waals surface area contributed by atoms with Crippen LogP contribution in [-0.2, 0) is 19.3 Å². The molecule has 0 atom stereocenters. The van der Waals surface area contributed by atoms with E-state index >= 15 is 0 Å². The van der Waals surface area contributed by atoms with Crippen LogP contribution in [0.1, 0.15) is 119 Å². The Morgan fingerprint density at radius 2 is 0.923 bits per heavy atom. The molecule has 0 nitrogen and oxygen atoms in total. The summed E-state index contributed by atoms with van der Waals surface area (Å²) in [7, 11) is 0. The zero-order valence-electron chi connectivity index (χ0n) is 17.0. The number of benzene rings is 1. The van der Waals surface area contributed by atoms with Crippen molar-refractivity contribution in [3.8, 4) is 0 Å². The number of hydrogen-bond acceptors (Lipinski definition) is 0. The second-order valence-electron chi connectivity index (χ2n) is 8.69. The Hall–Kier alpha value is -1.04. The smallest absolute Gasteiger partial charge is 0.00881 e. The van der Waals surface area contributed by atoms with Crippen molar-refractivity contribution in [1.82, 2.24) is 0 Å². The molecule has 3 rings (SSSR count). The van der Waals surface area contributed by atoms with Crippen molar-refractivity contribution >= 4 is 6.08 Å². The normalized spacial score (nSPS) is 21.2. The zero-order chi connectivity index (χ0) is 17.9. The number of allylic oxidation sites excluding steroid dienone is 1. The van der Waals surface area contributed by atoms with Crippen LogP contribution in [0.4, 0.5) is 0 Å². The Morgan fingerprint density at radius 3 is 1.50 bits per heavy atom. The number of fused-ring (bicyclic) bond motifs is 3. The van der Waals surface area contributed by atoms with E-state index in [-0.39, 0.29) is 0 Å². The highest BCUT2D eigenvalue weighted by Gasteiger charge is 2.13. The lowest BCUT2D eigenvalue weighted by molar-refractivity contribution is 0.532. The second kappa shape index (κ2) is 11.6. The molecule has 2 aliphatic carbocycles. The topological polar surface area (TPSA) is 0 Å². The van der Waals surface area contributed by atoms with Crippen LogP contribution < -0.4 is 0 Å². The molecule has 0 unspecified atom stereocenters. The Morgan fingerprint density at radius 1 is 0.462 bits per heavy atom. The molecule has 0 amide bonds. The highest BCUT2D eigenvalue weighted by molar-refractivity contribution is 5.65. The summed E-state index contributed by atoms with van der Waals surface area (Å²) in [6, 6.07) is 4.87. The van der Waals surface area contributed by atoms with Crippen molar-refractivity contribution in [2.45, 2.75) is 116 Å². The maximum atomic E-state index is 2.46. The summed E-state index contributed by atoms with van der Waals surface area (Å²) in [6.07, 6.45) is 30.3. The van der Waals surface area contributed by atoms with Gasteiger partial charge >= 0.3 is 0 Å². The lowest BCUT2D eigenvalue weighted by Crippen LogP contribution is -2.00. The summed E-state index contributed by atoms with van der Waals surface area (Å²) in [5.74, 6) is 0. The monoisotopic (exact) mass is 352 g/mol. The fourth-order valence-electron chi connectivity index (χ4n) is 4.89. The van der Waals surface area contributed by atoms with Crippen LogP contribution in [0.3, 0.4) is 0 Å². The van der Waals surface area contributed by atoms with Crippen molar-refractivity contribution in [2.75, 3.05) is 0 Å². The molecule has 144 valence electrons. The fourth-order valence-corrected chi connectivity index (χ4v) is 4.89. The van der Waals surface area contributed by atoms with Crippen molar-refractivity contribution in [1.29, 1.82) is 0 Å². The summed E-state index contributed by atoms with van der Waals surface area (Å²) in [6.45, 7) is 0. The van der Waals surface area contributed by atoms with E-state index in [4.69, 9.17) is 0 Å². The Bertz CT molecular complexity index is 551. The predicted octanol–water partition coefficient (Wildman–Crippen LogP) is 8.21. The first-order valence-electron chi connectivity index (χ1n) is 11.8. The van der Waals surface area contributed by atoms with Gasteiger partial charge in [0.2, 0.25) is 0 Å². The highest BCUT2D eigenvalue weighted by Crippen LogP contribution is 2.29. The molecule has 0 fully saturated rings. The minimum Gasteiger partial charge on any atom is -0.0795 e. The molecule has 0 aromatic heterocycles. The summed E-state index contributed by atoms with van der Waals surface area (Å²) in [5, 5.41) is 0. The first-order chi connectivity index (χ1) is 12.9. The lowest BCUT2D eigenvalue weighted by Gasteiger charge is -2.15. The minimum absolute atomic E-state index is 1.16. The Balaban J connectivity index is 1.57. The Labute approximate surface area is 162 Å². The summed E-state index contributed by atoms with van der Waals surface area (Å²) in [5.41, 5.74) is 6.53. The molecule has 0 N–H and O–H groups in total. The van der Waals surface area contributed by atoms with Crippen LogP contribution in [0.2, 0.25) is 0 Å². The minimum atomic E-state index is 1.16. The van der Waals surface area contributed by atoms with Gasteiger partial charge < -0.3 is 0 Å². The number of hydrogen-bond donors (Lipinski definition) is 0. The van der Waals surface area contributed by atoms with Gasteiger partial charge in [0, 0.05) is 0 Å². The largest absolute Gasteiger partial charge is 0.0795 e. The number of aryl methyl sites for hydroxylation is 1. The molecule has 0 radical (unpaired) electrons. The molecule has 0 aliphatic heterocycles. The molecule has 1 aromatic carbocycles. The van der Waals surface area contributed by atoms with Gasteiger partial charge in [-0.1, -0.05) is 108 Å². The van der Waals surface area contributed by atoms with E-state index in [1.807, 2.05) is 0 Å². The van der Waals surface area contributed by atoms with E-state index in [0.717, 1.165) is 6.42 Å². The number of rotatable bonds is 0. The van der Waals surface area contributed by atoms with Gasteiger partial charge in [0.1, 0.15) is 0 Å². The van der Waals surface area contributed by atoms with Crippen LogP contribution in [0.5, 0.6) is 0 Å². The zero-order valence-corrected chi connectivity index (χ0v) is 17.0. The maximum absolute atomic E-state index is 2.46. The van der Waals surface area contributed by atoms with Gasteiger partial charge in [-0.2, -0.15) is 0 Å². The lowest BCUT2D eigenvalue weighted by atomic mass is 9.90. The SMILES string of the molecule is C1=Cc2c(ccc3c2CCCCCCCCCCCCCCCCC3)C1. The summed E-state index contributed by atoms with van der Waals surface area (Å²) < 4.78 is 0. The maximum Gasteiger partial charge on any atom is -0.00881 e. The third-order valence-corrected chi connectivity index (χ3v) is 6.54. The molecule has 0 spiro atoms. The highest BCUT2D eigenvalue weighted by atomic mass is 14.2. The van der Waals surface area contributed by atoms with Crippen LogP contribution in [0, 0.1) is 0 Å². The van der Waals surface area contributed by atoms with Crippen molar-refractivity contribution in [2.24, 2.45) is 0 Å². The molecule has 0 saturated heterocycles. The fraction of sp³-hybridized carbons (Fsp3) is 0.692. The van der Waals surface area contributed by atoms with Gasteiger partial charge in [-0.3, -0.25) is 0 Å². The summed E-state index contributed by atoms with van der Waals surface area (Å²) in [4.78, 5) is 0. The van der Waals surface area contributed by atoms with Crippen LogP contribution >= 0.6 is 0 Å². The van der Waals surface area contributed by atoms with E-state index in [1.165, 1.54) is 109 Å². The average molecular weight is 353 g/mol. The molecular weight excluding hydrogens is 312 g/mol. The van der Waals surface area contributed by atoms with Crippen LogP contribution in [-0.4, -0.2) is 0 Å². The van der Waals surface area contributed by atoms with Crippen molar-refractivity contribution in [3.63, 3.8) is 0 Å². The van der Waals surface area contributed by atoms with Crippen molar-refractivity contribution in [3.05, 3.63) is 40.5 Å². The third kappa shape index (κ3) is 6.29. The van der Waals surface area contributed by atoms with E-state index in [2.05, 4.69) is 24.3 Å². The summed E-state index contributed by atoms with van der Waals surface area (Å²) >= 11 is 0. The standard InChI is InChI=1S/C26H40/c1-2-4-6-8-10-12-14-17-23-21-22-24-18-16-20-26(24)25(23)19-15-13-11-9-7-5-3-1/h16,20-22H,1-15,17-19H2. The second-order valence-corrected chi connectivity index (χ2v) is 8.69. The van der Waals surface area contributed by atoms with Gasteiger partial charge in [0.25, 0.3) is 0 Å². The van der Waals surface area contributed by atoms with Gasteiger partial charge in [0.15, 0.2) is 0 Å². The van der Waals surface area contributed by atoms with Gasteiger partial charge in [-0.25, -0.2) is 0 Å². The molecular formula is C26H40. The van der Waals surface area contributed by atoms with E-state index < -0.39 is 0 Å². The average Bonchev–Trinajstić information content (AvgIpc) is 3.13. The van der Waals surface area contributed by atoms with E-state index in [9.17, 15) is 0 Å². The molecule has 1 aromatic rings. The molecule has 0 saturated carbocycles. The van der Waals surface area contributed by atoms with Gasteiger partial charge in [0.05, 0.1) is 0 Å². The van der Waals surface area contributed by atoms with Gasteiger partial charge in [-0.05, 0) is 54.4 Å². The third-order valence-electron chi connectivity index (χ3n) is 6.54. The van der Waals surface area contributed by atoms with E-state index in [1.54, 1.807) is 22.3 Å². The first-order valence-corrected chi connectivity index (χ1v) is 11.8. The van der Waals surface area contributed by atoms with Gasteiger partial charge in [-0.15, -0.1) is 0 Å². The van der Waals surface area contributed by atoms with E-state index in [0.29, 0.717) is 0 Å². The quantitative estimate of drug-likeness (QED) is 0.441. The van der Waals surface area contributed by atoms with Crippen LogP contribution in [0.15, 0.2) is 18.2 Å². The molecule has 0 bridgehead atoms. The first kappa shape index (κ1) is 19.7. The molecule has 26 heavy (non-hydrogen) atoms. The van der Waals surface area contributed by atoms with Crippen molar-refractivity contribution < 1.29 is 0 Å².